The second kappa shape index (κ2) is 7.44. The number of aryl methyl sites for hydroxylation is 2. The topological polar surface area (TPSA) is 81.3 Å². The molecular formula is C15H19NO3S. The van der Waals surface area contributed by atoms with E-state index in [1.165, 1.54) is 6.92 Å². The molecule has 2 atom stereocenters. The fourth-order valence-electron chi connectivity index (χ4n) is 2.18. The zero-order chi connectivity index (χ0) is 15.3. The molecule has 2 N–H and O–H groups in total. The summed E-state index contributed by atoms with van der Waals surface area (Å²) in [5, 5.41) is 29.2. The summed E-state index contributed by atoms with van der Waals surface area (Å²) in [5.41, 5.74) is 2.77. The summed E-state index contributed by atoms with van der Waals surface area (Å²) in [6.45, 7) is 5.09. The molecule has 4 nitrogen and oxygen atoms in total. The van der Waals surface area contributed by atoms with Crippen LogP contribution in [-0.4, -0.2) is 27.2 Å². The van der Waals surface area contributed by atoms with Gasteiger partial charge in [0.15, 0.2) is 5.12 Å². The molecule has 1 rings (SSSR count). The second-order valence-corrected chi connectivity index (χ2v) is 6.05. The van der Waals surface area contributed by atoms with Crippen LogP contribution in [0.2, 0.25) is 0 Å². The smallest absolute Gasteiger partial charge is 0.185 e. The molecule has 0 spiro atoms. The minimum absolute atomic E-state index is 0.00239. The van der Waals surface area contributed by atoms with Crippen molar-refractivity contribution in [3.05, 3.63) is 34.4 Å². The van der Waals surface area contributed by atoms with Crippen LogP contribution in [0.4, 0.5) is 0 Å². The first-order chi connectivity index (χ1) is 9.36. The number of nitriles is 1. The van der Waals surface area contributed by atoms with Crippen molar-refractivity contribution < 1.29 is 15.0 Å². The van der Waals surface area contributed by atoms with Gasteiger partial charge in [-0.1, -0.05) is 11.8 Å². The van der Waals surface area contributed by atoms with Gasteiger partial charge >= 0.3 is 0 Å². The number of thioether (sulfide) groups is 1. The van der Waals surface area contributed by atoms with E-state index >= 15 is 0 Å². The number of nitrogens with zero attached hydrogens (tertiary/aromatic N) is 1. The molecule has 0 heterocycles. The molecule has 0 radical (unpaired) electrons. The van der Waals surface area contributed by atoms with Crippen molar-refractivity contribution in [2.24, 2.45) is 0 Å². The van der Waals surface area contributed by atoms with Crippen LogP contribution in [0.15, 0.2) is 12.1 Å². The van der Waals surface area contributed by atoms with E-state index in [4.69, 9.17) is 5.26 Å². The van der Waals surface area contributed by atoms with E-state index in [9.17, 15) is 15.0 Å². The van der Waals surface area contributed by atoms with Gasteiger partial charge in [0, 0.05) is 12.7 Å². The summed E-state index contributed by atoms with van der Waals surface area (Å²) < 4.78 is 0. The second-order valence-electron chi connectivity index (χ2n) is 4.78. The van der Waals surface area contributed by atoms with E-state index in [1.807, 2.05) is 13.8 Å². The third-order valence-electron chi connectivity index (χ3n) is 3.10. The van der Waals surface area contributed by atoms with Gasteiger partial charge in [0.1, 0.15) is 6.10 Å². The summed E-state index contributed by atoms with van der Waals surface area (Å²) in [7, 11) is 0. The molecule has 20 heavy (non-hydrogen) atoms. The van der Waals surface area contributed by atoms with Crippen LogP contribution in [0, 0.1) is 25.2 Å². The van der Waals surface area contributed by atoms with Gasteiger partial charge in [-0.3, -0.25) is 4.79 Å². The first kappa shape index (κ1) is 16.7. The van der Waals surface area contributed by atoms with Crippen LogP contribution in [0.3, 0.4) is 0 Å². The Kier molecular flexibility index (Phi) is 6.21. The van der Waals surface area contributed by atoms with Crippen molar-refractivity contribution in [1.82, 2.24) is 0 Å². The van der Waals surface area contributed by atoms with Crippen LogP contribution in [-0.2, 0) is 4.79 Å². The van der Waals surface area contributed by atoms with Crippen LogP contribution >= 0.6 is 11.8 Å². The van der Waals surface area contributed by atoms with Gasteiger partial charge in [0.05, 0.1) is 17.7 Å². The molecule has 0 aliphatic carbocycles. The van der Waals surface area contributed by atoms with E-state index < -0.39 is 12.2 Å². The highest BCUT2D eigenvalue weighted by Crippen LogP contribution is 2.27. The van der Waals surface area contributed by atoms with Crippen molar-refractivity contribution in [2.75, 3.05) is 5.75 Å². The lowest BCUT2D eigenvalue weighted by molar-refractivity contribution is -0.109. The summed E-state index contributed by atoms with van der Waals surface area (Å²) >= 11 is 1.13. The molecule has 0 aliphatic rings. The highest BCUT2D eigenvalue weighted by atomic mass is 32.2. The standard InChI is InChI=1S/C15H19NO3S/c1-9-6-12(8-16)7-10(2)14(9)15(19)13(18)4-5-20-11(3)17/h6-7,13,15,18-19H,4-5H2,1-3H3. The molecule has 0 aliphatic heterocycles. The van der Waals surface area contributed by atoms with Gasteiger partial charge in [0.2, 0.25) is 0 Å². The number of carbonyl (C=O) groups excluding carboxylic acids is 1. The number of aliphatic hydroxyl groups is 2. The summed E-state index contributed by atoms with van der Waals surface area (Å²) in [6.07, 6.45) is -1.59. The quantitative estimate of drug-likeness (QED) is 0.870. The number of rotatable bonds is 5. The van der Waals surface area contributed by atoms with Gasteiger partial charge in [0.25, 0.3) is 0 Å². The molecule has 0 saturated carbocycles. The highest BCUT2D eigenvalue weighted by Gasteiger charge is 2.22. The normalized spacial score (nSPS) is 13.6. The van der Waals surface area contributed by atoms with Crippen LogP contribution < -0.4 is 0 Å². The first-order valence-corrected chi connectivity index (χ1v) is 7.36. The van der Waals surface area contributed by atoms with Crippen LogP contribution in [0.1, 0.15) is 41.7 Å². The highest BCUT2D eigenvalue weighted by molar-refractivity contribution is 8.13. The third-order valence-corrected chi connectivity index (χ3v) is 3.95. The van der Waals surface area contributed by atoms with E-state index in [2.05, 4.69) is 6.07 Å². The zero-order valence-electron chi connectivity index (χ0n) is 11.9. The Bertz CT molecular complexity index is 513. The molecule has 0 bridgehead atoms. The third kappa shape index (κ3) is 4.34. The number of hydrogen-bond donors (Lipinski definition) is 2. The minimum atomic E-state index is -1.00. The molecule has 1 aromatic carbocycles. The predicted molar refractivity (Wildman–Crippen MR) is 79.4 cm³/mol. The Morgan fingerprint density at radius 3 is 2.35 bits per heavy atom. The van der Waals surface area contributed by atoms with E-state index in [0.717, 1.165) is 22.9 Å². The predicted octanol–water partition coefficient (Wildman–Crippen LogP) is 2.24. The number of benzene rings is 1. The van der Waals surface area contributed by atoms with Crippen molar-refractivity contribution in [1.29, 1.82) is 5.26 Å². The van der Waals surface area contributed by atoms with Gasteiger partial charge in [-0.25, -0.2) is 0 Å². The monoisotopic (exact) mass is 293 g/mol. The Morgan fingerprint density at radius 1 is 1.35 bits per heavy atom. The molecule has 0 fully saturated rings. The molecule has 0 amide bonds. The molecule has 0 saturated heterocycles. The lowest BCUT2D eigenvalue weighted by Crippen LogP contribution is -2.21. The first-order valence-electron chi connectivity index (χ1n) is 6.37. The summed E-state index contributed by atoms with van der Waals surface area (Å²) in [5.74, 6) is 0.474. The minimum Gasteiger partial charge on any atom is -0.390 e. The Morgan fingerprint density at radius 2 is 1.90 bits per heavy atom. The van der Waals surface area contributed by atoms with Crippen LogP contribution in [0.5, 0.6) is 0 Å². The maximum atomic E-state index is 10.8. The van der Waals surface area contributed by atoms with Gasteiger partial charge in [-0.05, 0) is 49.1 Å². The molecular weight excluding hydrogens is 274 g/mol. The van der Waals surface area contributed by atoms with E-state index in [1.54, 1.807) is 12.1 Å². The lowest BCUT2D eigenvalue weighted by atomic mass is 9.92. The maximum Gasteiger partial charge on any atom is 0.185 e. The van der Waals surface area contributed by atoms with Crippen molar-refractivity contribution in [2.45, 2.75) is 39.4 Å². The van der Waals surface area contributed by atoms with E-state index in [-0.39, 0.29) is 5.12 Å². The largest absolute Gasteiger partial charge is 0.390 e. The number of aliphatic hydroxyl groups excluding tert-OH is 2. The van der Waals surface area contributed by atoms with Crippen LogP contribution in [0.25, 0.3) is 0 Å². The Hall–Kier alpha value is -1.35. The fraction of sp³-hybridized carbons (Fsp3) is 0.467. The summed E-state index contributed by atoms with van der Waals surface area (Å²) in [6, 6.07) is 5.46. The number of hydrogen-bond acceptors (Lipinski definition) is 5. The summed E-state index contributed by atoms with van der Waals surface area (Å²) in [4.78, 5) is 10.8. The fourth-order valence-corrected chi connectivity index (χ4v) is 2.83. The molecule has 5 heteroatoms. The van der Waals surface area contributed by atoms with E-state index in [0.29, 0.717) is 23.3 Å². The average Bonchev–Trinajstić information content (AvgIpc) is 2.36. The van der Waals surface area contributed by atoms with Crippen molar-refractivity contribution in [3.8, 4) is 6.07 Å². The Labute approximate surface area is 123 Å². The zero-order valence-corrected chi connectivity index (χ0v) is 12.7. The van der Waals surface area contributed by atoms with Crippen molar-refractivity contribution >= 4 is 16.9 Å². The molecule has 108 valence electrons. The van der Waals surface area contributed by atoms with Gasteiger partial charge in [-0.15, -0.1) is 0 Å². The van der Waals surface area contributed by atoms with Crippen molar-refractivity contribution in [3.63, 3.8) is 0 Å². The average molecular weight is 293 g/mol. The van der Waals surface area contributed by atoms with Gasteiger partial charge < -0.3 is 10.2 Å². The maximum absolute atomic E-state index is 10.8. The molecule has 2 unspecified atom stereocenters. The number of carbonyl (C=O) groups is 1. The molecule has 0 aromatic heterocycles. The lowest BCUT2D eigenvalue weighted by Gasteiger charge is -2.22. The Balaban J connectivity index is 2.84. The molecule has 1 aromatic rings. The van der Waals surface area contributed by atoms with Gasteiger partial charge in [-0.2, -0.15) is 5.26 Å². The SMILES string of the molecule is CC(=O)SCCC(O)C(O)c1c(C)cc(C#N)cc1C.